The topological polar surface area (TPSA) is 51.7 Å². The van der Waals surface area contributed by atoms with Crippen LogP contribution in [0.1, 0.15) is 34.8 Å². The zero-order chi connectivity index (χ0) is 17.1. The fraction of sp³-hybridized carbons (Fsp3) is 0.333. The van der Waals surface area contributed by atoms with Gasteiger partial charge in [-0.2, -0.15) is 0 Å². The molecule has 1 unspecified atom stereocenters. The minimum absolute atomic E-state index is 0.00100. The van der Waals surface area contributed by atoms with Gasteiger partial charge in [-0.05, 0) is 52.5 Å². The van der Waals surface area contributed by atoms with E-state index in [0.717, 1.165) is 29.4 Å². The van der Waals surface area contributed by atoms with E-state index in [1.54, 1.807) is 32.7 Å². The van der Waals surface area contributed by atoms with Crippen molar-refractivity contribution < 1.29 is 14.3 Å². The highest BCUT2D eigenvalue weighted by Gasteiger charge is 2.31. The Morgan fingerprint density at radius 2 is 2.00 bits per heavy atom. The Kier molecular flexibility index (Phi) is 5.04. The quantitative estimate of drug-likeness (QED) is 0.795. The molecule has 0 radical (unpaired) electrons. The van der Waals surface area contributed by atoms with E-state index in [2.05, 4.69) is 20.9 Å². The fourth-order valence-electron chi connectivity index (χ4n) is 3.11. The Hall–Kier alpha value is -2.08. The third kappa shape index (κ3) is 3.24. The molecule has 1 aliphatic rings. The van der Waals surface area contributed by atoms with Gasteiger partial charge < -0.3 is 14.4 Å². The first-order valence-corrected chi connectivity index (χ1v) is 8.56. The number of hydrogen-bond acceptors (Lipinski definition) is 4. The molecule has 1 aromatic heterocycles. The van der Waals surface area contributed by atoms with Crippen molar-refractivity contribution in [2.75, 3.05) is 20.8 Å². The van der Waals surface area contributed by atoms with Crippen LogP contribution in [0.5, 0.6) is 11.5 Å². The van der Waals surface area contributed by atoms with Gasteiger partial charge in [0.05, 0.1) is 25.8 Å². The van der Waals surface area contributed by atoms with Crippen LogP contribution in [0.25, 0.3) is 0 Å². The minimum Gasteiger partial charge on any atom is -0.493 e. The molecule has 1 fully saturated rings. The van der Waals surface area contributed by atoms with Crippen molar-refractivity contribution in [2.24, 2.45) is 0 Å². The number of methoxy groups -OCH3 is 2. The van der Waals surface area contributed by atoms with E-state index >= 15 is 0 Å². The molecule has 0 spiro atoms. The molecule has 24 heavy (non-hydrogen) atoms. The molecule has 1 aliphatic heterocycles. The first kappa shape index (κ1) is 16.8. The molecule has 3 rings (SSSR count). The van der Waals surface area contributed by atoms with Gasteiger partial charge in [0.25, 0.3) is 5.91 Å². The van der Waals surface area contributed by atoms with Gasteiger partial charge in [0.1, 0.15) is 0 Å². The Balaban J connectivity index is 1.89. The van der Waals surface area contributed by atoms with Crippen molar-refractivity contribution in [1.82, 2.24) is 9.88 Å². The van der Waals surface area contributed by atoms with Crippen molar-refractivity contribution in [1.29, 1.82) is 0 Å². The first-order valence-electron chi connectivity index (χ1n) is 7.77. The van der Waals surface area contributed by atoms with Gasteiger partial charge in [-0.25, -0.2) is 0 Å². The van der Waals surface area contributed by atoms with Crippen molar-refractivity contribution >= 4 is 21.8 Å². The number of hydrogen-bond donors (Lipinski definition) is 0. The summed E-state index contributed by atoms with van der Waals surface area (Å²) in [6, 6.07) is 7.68. The maximum Gasteiger partial charge on any atom is 0.255 e. The van der Waals surface area contributed by atoms with Crippen LogP contribution in [0.3, 0.4) is 0 Å². The molecule has 0 bridgehead atoms. The van der Waals surface area contributed by atoms with E-state index in [1.807, 2.05) is 23.1 Å². The normalized spacial score (nSPS) is 17.0. The van der Waals surface area contributed by atoms with E-state index < -0.39 is 0 Å². The number of aromatic nitrogens is 1. The minimum atomic E-state index is 0.00100. The molecule has 1 aromatic carbocycles. The predicted molar refractivity (Wildman–Crippen MR) is 94.5 cm³/mol. The maximum atomic E-state index is 12.9. The molecule has 126 valence electrons. The third-order valence-corrected chi connectivity index (χ3v) is 4.69. The summed E-state index contributed by atoms with van der Waals surface area (Å²) in [6.45, 7) is 0.740. The zero-order valence-electron chi connectivity index (χ0n) is 13.7. The summed E-state index contributed by atoms with van der Waals surface area (Å²) in [5, 5.41) is 0. The fourth-order valence-corrected chi connectivity index (χ4v) is 3.48. The molecule has 2 heterocycles. The van der Waals surface area contributed by atoms with Crippen LogP contribution in [0.4, 0.5) is 0 Å². The molecule has 1 atom stereocenters. The van der Waals surface area contributed by atoms with Crippen molar-refractivity contribution in [2.45, 2.75) is 18.9 Å². The highest BCUT2D eigenvalue weighted by molar-refractivity contribution is 9.10. The van der Waals surface area contributed by atoms with Gasteiger partial charge in [0.2, 0.25) is 0 Å². The number of benzene rings is 1. The summed E-state index contributed by atoms with van der Waals surface area (Å²) in [7, 11) is 3.23. The number of rotatable bonds is 4. The molecule has 0 N–H and O–H groups in total. The third-order valence-electron chi connectivity index (χ3n) is 4.26. The Labute approximate surface area is 149 Å². The van der Waals surface area contributed by atoms with E-state index in [9.17, 15) is 4.79 Å². The Morgan fingerprint density at radius 1 is 1.21 bits per heavy atom. The maximum absolute atomic E-state index is 12.9. The van der Waals surface area contributed by atoms with Crippen LogP contribution in [0.15, 0.2) is 41.1 Å². The predicted octanol–water partition coefficient (Wildman–Crippen LogP) is 3.84. The van der Waals surface area contributed by atoms with E-state index in [4.69, 9.17) is 9.47 Å². The standard InChI is InChI=1S/C18H19BrN2O3/c1-23-16-6-5-12(9-17(16)24-2)15-4-3-7-21(15)18(22)13-8-14(19)11-20-10-13/h5-6,8-11,15H,3-4,7H2,1-2H3. The number of carbonyl (C=O) groups excluding carboxylic acids is 1. The average Bonchev–Trinajstić information content (AvgIpc) is 3.10. The first-order chi connectivity index (χ1) is 11.6. The number of amides is 1. The molecule has 5 nitrogen and oxygen atoms in total. The van der Waals surface area contributed by atoms with E-state index in [1.165, 1.54) is 0 Å². The van der Waals surface area contributed by atoms with E-state index in [0.29, 0.717) is 17.1 Å². The number of pyridine rings is 1. The van der Waals surface area contributed by atoms with Crippen molar-refractivity contribution in [3.8, 4) is 11.5 Å². The largest absolute Gasteiger partial charge is 0.493 e. The van der Waals surface area contributed by atoms with Crippen LogP contribution in [0, 0.1) is 0 Å². The summed E-state index contributed by atoms with van der Waals surface area (Å²) in [5.74, 6) is 1.37. The van der Waals surface area contributed by atoms with Gasteiger partial charge in [0, 0.05) is 23.4 Å². The van der Waals surface area contributed by atoms with E-state index in [-0.39, 0.29) is 11.9 Å². The van der Waals surface area contributed by atoms with Gasteiger partial charge in [-0.3, -0.25) is 9.78 Å². The van der Waals surface area contributed by atoms with Gasteiger partial charge in [0.15, 0.2) is 11.5 Å². The highest BCUT2D eigenvalue weighted by Crippen LogP contribution is 2.37. The van der Waals surface area contributed by atoms with Crippen molar-refractivity contribution in [3.63, 3.8) is 0 Å². The monoisotopic (exact) mass is 390 g/mol. The van der Waals surface area contributed by atoms with Gasteiger partial charge in [-0.1, -0.05) is 6.07 Å². The van der Waals surface area contributed by atoms with Crippen LogP contribution >= 0.6 is 15.9 Å². The van der Waals surface area contributed by atoms with Crippen LogP contribution in [-0.2, 0) is 0 Å². The summed E-state index contributed by atoms with van der Waals surface area (Å²) in [6.07, 6.45) is 5.19. The number of nitrogens with zero attached hydrogens (tertiary/aromatic N) is 2. The molecule has 2 aromatic rings. The molecule has 0 saturated carbocycles. The average molecular weight is 391 g/mol. The molecular weight excluding hydrogens is 372 g/mol. The van der Waals surface area contributed by atoms with Gasteiger partial charge >= 0.3 is 0 Å². The summed E-state index contributed by atoms with van der Waals surface area (Å²) < 4.78 is 11.5. The number of likely N-dealkylation sites (tertiary alicyclic amines) is 1. The summed E-state index contributed by atoms with van der Waals surface area (Å²) in [4.78, 5) is 18.9. The lowest BCUT2D eigenvalue weighted by Gasteiger charge is -2.25. The molecular formula is C18H19BrN2O3. The van der Waals surface area contributed by atoms with Crippen LogP contribution in [0.2, 0.25) is 0 Å². The number of ether oxygens (including phenoxy) is 2. The van der Waals surface area contributed by atoms with Crippen LogP contribution in [-0.4, -0.2) is 36.6 Å². The summed E-state index contributed by atoms with van der Waals surface area (Å²) in [5.41, 5.74) is 1.65. The molecule has 0 aliphatic carbocycles. The SMILES string of the molecule is COc1ccc(C2CCCN2C(=O)c2cncc(Br)c2)cc1OC. The smallest absolute Gasteiger partial charge is 0.255 e. The second-order valence-electron chi connectivity index (χ2n) is 5.66. The Bertz CT molecular complexity index is 751. The number of carbonyl (C=O) groups is 1. The molecule has 6 heteroatoms. The lowest BCUT2D eigenvalue weighted by Crippen LogP contribution is -2.30. The van der Waals surface area contributed by atoms with Gasteiger partial charge in [-0.15, -0.1) is 0 Å². The number of halogens is 1. The van der Waals surface area contributed by atoms with Crippen molar-refractivity contribution in [3.05, 3.63) is 52.3 Å². The second-order valence-corrected chi connectivity index (χ2v) is 6.58. The molecule has 1 saturated heterocycles. The Morgan fingerprint density at radius 3 is 2.71 bits per heavy atom. The highest BCUT2D eigenvalue weighted by atomic mass is 79.9. The lowest BCUT2D eigenvalue weighted by molar-refractivity contribution is 0.0735. The lowest BCUT2D eigenvalue weighted by atomic mass is 10.0. The summed E-state index contributed by atoms with van der Waals surface area (Å²) >= 11 is 3.37. The second kappa shape index (κ2) is 7.21. The zero-order valence-corrected chi connectivity index (χ0v) is 15.2. The molecule has 1 amide bonds. The van der Waals surface area contributed by atoms with Crippen LogP contribution < -0.4 is 9.47 Å².